The molecule has 4 aliphatic rings. The molecule has 11 atom stereocenters. The lowest BCUT2D eigenvalue weighted by atomic mass is 9.48. The zero-order chi connectivity index (χ0) is 43.1. The fraction of sp³-hybridized carbons (Fsp3) is 0.457. The van der Waals surface area contributed by atoms with Crippen LogP contribution in [-0.4, -0.2) is 99.4 Å². The summed E-state index contributed by atoms with van der Waals surface area (Å²) in [4.78, 5) is 69.4. The SMILES string of the molecule is CC(=O)OC1C(=O)C2C(O)CC3OCC3(OC(C)=O)C2C(OC(=O)c2ccccc2)C2(O)CC(OC(=O)C(O)C(NCc3ccccc3)c3ccccc3)C(C)=C1C2(C)C. The van der Waals surface area contributed by atoms with E-state index >= 15 is 4.79 Å². The van der Waals surface area contributed by atoms with Crippen LogP contribution in [0.15, 0.2) is 102 Å². The number of Topliss-reactive ketones (excluding diaryl/α,β-unsaturated/α-hetero) is 1. The highest BCUT2D eigenvalue weighted by Crippen LogP contribution is 2.61. The topological polar surface area (TPSA) is 204 Å². The van der Waals surface area contributed by atoms with Gasteiger partial charge in [-0.15, -0.1) is 0 Å². The molecule has 2 saturated carbocycles. The van der Waals surface area contributed by atoms with E-state index in [2.05, 4.69) is 5.32 Å². The van der Waals surface area contributed by atoms with Crippen molar-refractivity contribution < 1.29 is 63.0 Å². The lowest BCUT2D eigenvalue weighted by Crippen LogP contribution is -2.79. The molecule has 318 valence electrons. The van der Waals surface area contributed by atoms with E-state index in [0.717, 1.165) is 12.5 Å². The molecule has 0 spiro atoms. The summed E-state index contributed by atoms with van der Waals surface area (Å²) in [6.45, 7) is 7.06. The molecule has 1 heterocycles. The Kier molecular flexibility index (Phi) is 11.9. The third-order valence-electron chi connectivity index (χ3n) is 12.9. The minimum absolute atomic E-state index is 0.0606. The predicted octanol–water partition coefficient (Wildman–Crippen LogP) is 3.71. The van der Waals surface area contributed by atoms with E-state index < -0.39 is 107 Å². The van der Waals surface area contributed by atoms with Crippen molar-refractivity contribution in [2.75, 3.05) is 6.61 Å². The van der Waals surface area contributed by atoms with Crippen LogP contribution < -0.4 is 5.32 Å². The number of rotatable bonds is 11. The Morgan fingerprint density at radius 2 is 1.50 bits per heavy atom. The summed E-state index contributed by atoms with van der Waals surface area (Å²) in [7, 11) is 0. The summed E-state index contributed by atoms with van der Waals surface area (Å²) in [6.07, 6.45) is -9.74. The maximum atomic E-state index is 15.2. The van der Waals surface area contributed by atoms with Crippen LogP contribution in [0.25, 0.3) is 0 Å². The minimum atomic E-state index is -2.31. The average Bonchev–Trinajstić information content (AvgIpc) is 3.21. The lowest BCUT2D eigenvalue weighted by molar-refractivity contribution is -0.332. The maximum Gasteiger partial charge on any atom is 0.338 e. The van der Waals surface area contributed by atoms with Crippen LogP contribution in [-0.2, 0) is 49.4 Å². The first kappa shape index (κ1) is 42.9. The molecule has 0 amide bonds. The standard InChI is InChI=1S/C46H51NO13/c1-25-32(58-43(54)39(52)37(29-17-11-7-12-18-29)47-23-28-15-9-6-10-16-28)22-46(55)41(59-42(53)30-19-13-8-14-20-30)36-34(31(50)21-33-45(36,24-56-33)60-27(3)49)38(51)40(57-26(2)48)35(25)44(46,4)5/h6-20,31-34,36-37,39-41,47,50,52,55H,21-24H2,1-5H3. The third kappa shape index (κ3) is 7.55. The number of carbonyl (C=O) groups is 5. The zero-order valence-corrected chi connectivity index (χ0v) is 34.1. The van der Waals surface area contributed by atoms with Gasteiger partial charge in [-0.3, -0.25) is 14.4 Å². The number of ether oxygens (including phenoxy) is 5. The van der Waals surface area contributed by atoms with Crippen molar-refractivity contribution in [2.24, 2.45) is 17.3 Å². The highest BCUT2D eigenvalue weighted by molar-refractivity contribution is 5.93. The molecule has 3 aromatic rings. The molecular weight excluding hydrogens is 774 g/mol. The molecule has 11 unspecified atom stereocenters. The van der Waals surface area contributed by atoms with Crippen molar-refractivity contribution in [1.82, 2.24) is 5.32 Å². The Balaban J connectivity index is 1.36. The number of nitrogens with one attached hydrogen (secondary N) is 1. The highest BCUT2D eigenvalue weighted by Gasteiger charge is 2.75. The van der Waals surface area contributed by atoms with Gasteiger partial charge in [-0.1, -0.05) is 92.7 Å². The highest BCUT2D eigenvalue weighted by atomic mass is 16.6. The summed E-state index contributed by atoms with van der Waals surface area (Å²) in [6, 6.07) is 25.2. The molecule has 1 aliphatic heterocycles. The Labute approximate surface area is 347 Å². The van der Waals surface area contributed by atoms with Gasteiger partial charge in [0.05, 0.1) is 36.2 Å². The fourth-order valence-electron chi connectivity index (χ4n) is 9.89. The van der Waals surface area contributed by atoms with Crippen LogP contribution in [0.5, 0.6) is 0 Å². The first-order valence-corrected chi connectivity index (χ1v) is 20.1. The molecule has 0 aromatic heterocycles. The summed E-state index contributed by atoms with van der Waals surface area (Å²) >= 11 is 0. The quantitative estimate of drug-likeness (QED) is 0.124. The second kappa shape index (κ2) is 16.7. The molecule has 1 saturated heterocycles. The molecule has 3 aliphatic carbocycles. The Morgan fingerprint density at radius 1 is 0.883 bits per heavy atom. The molecule has 0 radical (unpaired) electrons. The Morgan fingerprint density at radius 3 is 2.08 bits per heavy atom. The van der Waals surface area contributed by atoms with Crippen LogP contribution in [0.1, 0.15) is 75.0 Å². The Bertz CT molecular complexity index is 2140. The first-order valence-electron chi connectivity index (χ1n) is 20.1. The van der Waals surface area contributed by atoms with Crippen molar-refractivity contribution in [1.29, 1.82) is 0 Å². The van der Waals surface area contributed by atoms with Gasteiger partial charge in [-0.2, -0.15) is 0 Å². The number of carbonyl (C=O) groups excluding carboxylic acids is 5. The average molecular weight is 826 g/mol. The van der Waals surface area contributed by atoms with Gasteiger partial charge in [0.2, 0.25) is 0 Å². The van der Waals surface area contributed by atoms with Crippen molar-refractivity contribution in [3.05, 3.63) is 119 Å². The van der Waals surface area contributed by atoms with Crippen LogP contribution in [0.2, 0.25) is 0 Å². The molecular formula is C46H51NO13. The van der Waals surface area contributed by atoms with E-state index in [9.17, 15) is 34.5 Å². The minimum Gasteiger partial charge on any atom is -0.456 e. The van der Waals surface area contributed by atoms with Crippen molar-refractivity contribution in [2.45, 2.75) is 108 Å². The third-order valence-corrected chi connectivity index (χ3v) is 12.9. The lowest BCUT2D eigenvalue weighted by Gasteiger charge is -2.64. The smallest absolute Gasteiger partial charge is 0.338 e. The number of aliphatic hydroxyl groups excluding tert-OH is 2. The number of fused-ring (bicyclic) bond motifs is 5. The van der Waals surface area contributed by atoms with Crippen LogP contribution in [0.3, 0.4) is 0 Å². The van der Waals surface area contributed by atoms with E-state index in [1.54, 1.807) is 69.3 Å². The summed E-state index contributed by atoms with van der Waals surface area (Å²) < 4.78 is 30.2. The molecule has 14 nitrogen and oxygen atoms in total. The Hall–Kier alpha value is -5.25. The number of esters is 4. The van der Waals surface area contributed by atoms with Gasteiger partial charge in [0.25, 0.3) is 0 Å². The van der Waals surface area contributed by atoms with Crippen LogP contribution in [0, 0.1) is 17.3 Å². The van der Waals surface area contributed by atoms with E-state index in [-0.39, 0.29) is 36.3 Å². The van der Waals surface area contributed by atoms with Gasteiger partial charge in [0, 0.05) is 38.6 Å². The summed E-state index contributed by atoms with van der Waals surface area (Å²) in [5.41, 5.74) is -3.72. The predicted molar refractivity (Wildman–Crippen MR) is 212 cm³/mol. The fourth-order valence-corrected chi connectivity index (χ4v) is 9.89. The first-order chi connectivity index (χ1) is 28.5. The monoisotopic (exact) mass is 825 g/mol. The second-order valence-electron chi connectivity index (χ2n) is 16.8. The molecule has 4 N–H and O–H groups in total. The van der Waals surface area contributed by atoms with Crippen molar-refractivity contribution in [3.63, 3.8) is 0 Å². The molecule has 60 heavy (non-hydrogen) atoms. The number of ketones is 1. The van der Waals surface area contributed by atoms with E-state index in [4.69, 9.17) is 23.7 Å². The maximum absolute atomic E-state index is 15.2. The van der Waals surface area contributed by atoms with Gasteiger partial charge in [-0.05, 0) is 41.3 Å². The number of hydrogen-bond donors (Lipinski definition) is 4. The van der Waals surface area contributed by atoms with Gasteiger partial charge >= 0.3 is 23.9 Å². The molecule has 2 bridgehead atoms. The summed E-state index contributed by atoms with van der Waals surface area (Å²) in [5, 5.41) is 40.4. The normalized spacial score (nSPS) is 31.4. The molecule has 3 fully saturated rings. The largest absolute Gasteiger partial charge is 0.456 e. The van der Waals surface area contributed by atoms with Gasteiger partial charge in [0.15, 0.2) is 23.6 Å². The zero-order valence-electron chi connectivity index (χ0n) is 34.1. The van der Waals surface area contributed by atoms with E-state index in [1.165, 1.54) is 19.1 Å². The van der Waals surface area contributed by atoms with E-state index in [1.807, 2.05) is 30.3 Å². The molecule has 3 aromatic carbocycles. The second-order valence-corrected chi connectivity index (χ2v) is 16.8. The van der Waals surface area contributed by atoms with Crippen LogP contribution in [0.4, 0.5) is 0 Å². The number of aliphatic hydroxyl groups is 3. The van der Waals surface area contributed by atoms with Gasteiger partial charge in [0.1, 0.15) is 23.9 Å². The van der Waals surface area contributed by atoms with E-state index in [0.29, 0.717) is 5.56 Å². The van der Waals surface area contributed by atoms with Crippen LogP contribution >= 0.6 is 0 Å². The van der Waals surface area contributed by atoms with Crippen molar-refractivity contribution >= 4 is 29.7 Å². The van der Waals surface area contributed by atoms with Gasteiger partial charge < -0.3 is 44.3 Å². The number of hydrogen-bond acceptors (Lipinski definition) is 14. The summed E-state index contributed by atoms with van der Waals surface area (Å²) in [5.74, 6) is -7.35. The number of benzene rings is 3. The van der Waals surface area contributed by atoms with Crippen molar-refractivity contribution in [3.8, 4) is 0 Å². The molecule has 14 heteroatoms. The molecule has 7 rings (SSSR count). The van der Waals surface area contributed by atoms with Gasteiger partial charge in [-0.25, -0.2) is 9.59 Å².